The molecule has 1 atom stereocenters. The molecule has 104 valence electrons. The topological polar surface area (TPSA) is 52.6 Å². The summed E-state index contributed by atoms with van der Waals surface area (Å²) in [5, 5.41) is 12.1. The van der Waals surface area contributed by atoms with Gasteiger partial charge in [0, 0.05) is 30.3 Å². The molecule has 5 heteroatoms. The summed E-state index contributed by atoms with van der Waals surface area (Å²) >= 11 is 1.65. The summed E-state index contributed by atoms with van der Waals surface area (Å²) in [6.45, 7) is 1.57. The van der Waals surface area contributed by atoms with Gasteiger partial charge in [0.05, 0.1) is 0 Å². The van der Waals surface area contributed by atoms with Crippen LogP contribution in [0.15, 0.2) is 29.2 Å². The van der Waals surface area contributed by atoms with E-state index in [4.69, 9.17) is 0 Å². The summed E-state index contributed by atoms with van der Waals surface area (Å²) in [7, 11) is 0. The number of anilines is 1. The van der Waals surface area contributed by atoms with E-state index in [1.54, 1.807) is 16.7 Å². The van der Waals surface area contributed by atoms with Gasteiger partial charge in [-0.25, -0.2) is 4.79 Å². The van der Waals surface area contributed by atoms with Crippen molar-refractivity contribution in [3.05, 3.63) is 24.3 Å². The molecule has 1 fully saturated rings. The van der Waals surface area contributed by atoms with Crippen molar-refractivity contribution >= 4 is 23.5 Å². The monoisotopic (exact) mass is 280 g/mol. The Balaban J connectivity index is 1.96. The van der Waals surface area contributed by atoms with Crippen LogP contribution >= 0.6 is 11.8 Å². The number of nitrogens with one attached hydrogen (secondary N) is 1. The van der Waals surface area contributed by atoms with Crippen molar-refractivity contribution in [1.29, 1.82) is 0 Å². The molecule has 0 aromatic heterocycles. The Bertz CT molecular complexity index is 439. The van der Waals surface area contributed by atoms with E-state index in [1.165, 1.54) is 0 Å². The summed E-state index contributed by atoms with van der Waals surface area (Å²) in [5.41, 5.74) is 0.822. The largest absolute Gasteiger partial charge is 0.396 e. The third-order valence-electron chi connectivity index (χ3n) is 3.39. The smallest absolute Gasteiger partial charge is 0.321 e. The molecule has 1 aliphatic rings. The van der Waals surface area contributed by atoms with Gasteiger partial charge < -0.3 is 15.3 Å². The van der Waals surface area contributed by atoms with Crippen molar-refractivity contribution in [2.45, 2.75) is 17.7 Å². The Labute approximate surface area is 118 Å². The molecule has 1 aromatic carbocycles. The van der Waals surface area contributed by atoms with E-state index in [1.807, 2.05) is 30.5 Å². The number of rotatable bonds is 3. The highest BCUT2D eigenvalue weighted by molar-refractivity contribution is 7.98. The second-order valence-corrected chi connectivity index (χ2v) is 5.68. The molecular weight excluding hydrogens is 260 g/mol. The standard InChI is InChI=1S/C14H20N2O2S/c1-19-13-6-2-5-12(8-13)15-14(18)16-7-3-4-11(9-16)10-17/h2,5-6,8,11,17H,3-4,7,9-10H2,1H3,(H,15,18). The molecule has 0 bridgehead atoms. The zero-order chi connectivity index (χ0) is 13.7. The minimum absolute atomic E-state index is 0.0728. The number of piperidine rings is 1. The van der Waals surface area contributed by atoms with Crippen LogP contribution < -0.4 is 5.32 Å². The van der Waals surface area contributed by atoms with E-state index < -0.39 is 0 Å². The summed E-state index contributed by atoms with van der Waals surface area (Å²) < 4.78 is 0. The Morgan fingerprint density at radius 2 is 2.42 bits per heavy atom. The molecule has 2 rings (SSSR count). The number of aliphatic hydroxyl groups excluding tert-OH is 1. The van der Waals surface area contributed by atoms with Gasteiger partial charge in [-0.2, -0.15) is 0 Å². The molecule has 0 saturated carbocycles. The maximum absolute atomic E-state index is 12.2. The lowest BCUT2D eigenvalue weighted by atomic mass is 9.99. The van der Waals surface area contributed by atoms with Crippen molar-refractivity contribution < 1.29 is 9.90 Å². The molecule has 1 unspecified atom stereocenters. The minimum atomic E-state index is -0.0728. The fourth-order valence-corrected chi connectivity index (χ4v) is 2.76. The maximum Gasteiger partial charge on any atom is 0.321 e. The zero-order valence-corrected chi connectivity index (χ0v) is 11.9. The van der Waals surface area contributed by atoms with Crippen molar-refractivity contribution in [3.8, 4) is 0 Å². The van der Waals surface area contributed by atoms with Crippen LogP contribution in [0.3, 0.4) is 0 Å². The third-order valence-corrected chi connectivity index (χ3v) is 4.11. The number of benzene rings is 1. The van der Waals surface area contributed by atoms with Crippen molar-refractivity contribution in [3.63, 3.8) is 0 Å². The second-order valence-electron chi connectivity index (χ2n) is 4.80. The SMILES string of the molecule is CSc1cccc(NC(=O)N2CCCC(CO)C2)c1. The molecule has 0 aliphatic carbocycles. The number of carbonyl (C=O) groups excluding carboxylic acids is 1. The Morgan fingerprint density at radius 3 is 3.16 bits per heavy atom. The highest BCUT2D eigenvalue weighted by Gasteiger charge is 2.23. The van der Waals surface area contributed by atoms with Crippen LogP contribution in [0.5, 0.6) is 0 Å². The minimum Gasteiger partial charge on any atom is -0.396 e. The summed E-state index contributed by atoms with van der Waals surface area (Å²) in [5.74, 6) is 0.219. The van der Waals surface area contributed by atoms with Gasteiger partial charge in [0.15, 0.2) is 0 Å². The molecule has 0 radical (unpaired) electrons. The van der Waals surface area contributed by atoms with Crippen LogP contribution in [0, 0.1) is 5.92 Å². The summed E-state index contributed by atoms with van der Waals surface area (Å²) in [6, 6.07) is 7.75. The number of aliphatic hydroxyl groups is 1. The van der Waals surface area contributed by atoms with Crippen LogP contribution in [0.2, 0.25) is 0 Å². The van der Waals surface area contributed by atoms with Crippen LogP contribution in [-0.2, 0) is 0 Å². The maximum atomic E-state index is 12.2. The van der Waals surface area contributed by atoms with Gasteiger partial charge in [-0.3, -0.25) is 0 Å². The van der Waals surface area contributed by atoms with E-state index in [0.29, 0.717) is 6.54 Å². The molecule has 1 heterocycles. The second kappa shape index (κ2) is 6.82. The Hall–Kier alpha value is -1.20. The van der Waals surface area contributed by atoms with E-state index in [2.05, 4.69) is 5.32 Å². The lowest BCUT2D eigenvalue weighted by Gasteiger charge is -2.31. The first-order valence-electron chi connectivity index (χ1n) is 6.53. The lowest BCUT2D eigenvalue weighted by Crippen LogP contribution is -2.43. The van der Waals surface area contributed by atoms with Crippen molar-refractivity contribution in [2.24, 2.45) is 5.92 Å². The molecule has 4 nitrogen and oxygen atoms in total. The number of hydrogen-bond donors (Lipinski definition) is 2. The zero-order valence-electron chi connectivity index (χ0n) is 11.1. The number of likely N-dealkylation sites (tertiary alicyclic amines) is 1. The predicted molar refractivity (Wildman–Crippen MR) is 78.6 cm³/mol. The quantitative estimate of drug-likeness (QED) is 0.837. The number of thioether (sulfide) groups is 1. The fourth-order valence-electron chi connectivity index (χ4n) is 2.30. The molecule has 1 aliphatic heterocycles. The number of nitrogens with zero attached hydrogens (tertiary/aromatic N) is 1. The van der Waals surface area contributed by atoms with Crippen LogP contribution in [0.1, 0.15) is 12.8 Å². The summed E-state index contributed by atoms with van der Waals surface area (Å²) in [6.07, 6.45) is 3.98. The van der Waals surface area contributed by atoms with Gasteiger partial charge in [-0.1, -0.05) is 6.07 Å². The fraction of sp³-hybridized carbons (Fsp3) is 0.500. The molecule has 19 heavy (non-hydrogen) atoms. The van der Waals surface area contributed by atoms with Gasteiger partial charge in [-0.05, 0) is 43.2 Å². The Morgan fingerprint density at radius 1 is 1.58 bits per heavy atom. The van der Waals surface area contributed by atoms with Crippen LogP contribution in [-0.4, -0.2) is 42.0 Å². The predicted octanol–water partition coefficient (Wildman–Crippen LogP) is 2.64. The number of amides is 2. The highest BCUT2D eigenvalue weighted by atomic mass is 32.2. The van der Waals surface area contributed by atoms with E-state index in [-0.39, 0.29) is 18.6 Å². The number of urea groups is 1. The summed E-state index contributed by atoms with van der Waals surface area (Å²) in [4.78, 5) is 15.1. The van der Waals surface area contributed by atoms with Crippen LogP contribution in [0.4, 0.5) is 10.5 Å². The average molecular weight is 280 g/mol. The Kier molecular flexibility index (Phi) is 5.10. The molecule has 2 amide bonds. The lowest BCUT2D eigenvalue weighted by molar-refractivity contribution is 0.136. The van der Waals surface area contributed by atoms with E-state index in [9.17, 15) is 9.90 Å². The van der Waals surface area contributed by atoms with Gasteiger partial charge in [0.1, 0.15) is 0 Å². The van der Waals surface area contributed by atoms with E-state index in [0.717, 1.165) is 30.0 Å². The van der Waals surface area contributed by atoms with Crippen molar-refractivity contribution in [2.75, 3.05) is 31.3 Å². The molecule has 2 N–H and O–H groups in total. The van der Waals surface area contributed by atoms with Gasteiger partial charge >= 0.3 is 6.03 Å². The number of hydrogen-bond acceptors (Lipinski definition) is 3. The number of carbonyl (C=O) groups is 1. The first kappa shape index (κ1) is 14.2. The molecule has 1 saturated heterocycles. The first-order valence-corrected chi connectivity index (χ1v) is 7.76. The van der Waals surface area contributed by atoms with Gasteiger partial charge in [-0.15, -0.1) is 11.8 Å². The van der Waals surface area contributed by atoms with E-state index >= 15 is 0 Å². The van der Waals surface area contributed by atoms with Crippen LogP contribution in [0.25, 0.3) is 0 Å². The highest BCUT2D eigenvalue weighted by Crippen LogP contribution is 2.20. The average Bonchev–Trinajstić information content (AvgIpc) is 2.47. The van der Waals surface area contributed by atoms with Gasteiger partial charge in [0.25, 0.3) is 0 Å². The normalized spacial score (nSPS) is 19.3. The van der Waals surface area contributed by atoms with Crippen molar-refractivity contribution in [1.82, 2.24) is 4.90 Å². The molecule has 1 aromatic rings. The molecule has 0 spiro atoms. The van der Waals surface area contributed by atoms with Gasteiger partial charge in [0.2, 0.25) is 0 Å². The first-order chi connectivity index (χ1) is 9.22. The third kappa shape index (κ3) is 3.88. The molecular formula is C14H20N2O2S.